The molecule has 0 aliphatic rings. The number of aromatic nitrogens is 4. The highest BCUT2D eigenvalue weighted by molar-refractivity contribution is 7.26. The van der Waals surface area contributed by atoms with Crippen molar-refractivity contribution in [3.8, 4) is 101 Å². The summed E-state index contributed by atoms with van der Waals surface area (Å²) >= 11 is 1.75. The summed E-state index contributed by atoms with van der Waals surface area (Å²) in [7, 11) is 0. The van der Waals surface area contributed by atoms with Gasteiger partial charge >= 0.3 is 0 Å². The minimum absolute atomic E-state index is 0.642. The molecule has 0 radical (unpaired) electrons. The van der Waals surface area contributed by atoms with Gasteiger partial charge in [-0.25, -0.2) is 19.9 Å². The fourth-order valence-corrected chi connectivity index (χ4v) is 11.3. The zero-order valence-corrected chi connectivity index (χ0v) is 40.7. The number of benzene rings is 10. The van der Waals surface area contributed by atoms with Crippen LogP contribution in [0.25, 0.3) is 143 Å². The number of hydrogen-bond donors (Lipinski definition) is 0. The van der Waals surface area contributed by atoms with E-state index < -0.39 is 0 Å². The standard InChI is InChI=1S/C68H42N4OS/c1-3-15-43(16-4-1)45-31-35-47(36-32-45)61-65-63(57-27-7-9-29-59(57)73-65)71-68(69-61)56-26-14-24-54(42-56)52-22-12-20-50(40-52)49-19-11-21-51(39-49)53-23-13-25-55(41-53)62-66-64(58-28-8-10-30-60(58)74-66)72-67(70-62)48-37-33-46(34-38-48)44-17-5-2-6-18-44/h1-42H. The Kier molecular flexibility index (Phi) is 10.6. The van der Waals surface area contributed by atoms with Crippen LogP contribution in [0, 0.1) is 0 Å². The lowest BCUT2D eigenvalue weighted by molar-refractivity contribution is 0.667. The molecule has 0 aliphatic carbocycles. The molecular weight excluding hydrogens is 921 g/mol. The third kappa shape index (κ3) is 7.91. The largest absolute Gasteiger partial charge is 0.452 e. The highest BCUT2D eigenvalue weighted by Gasteiger charge is 2.20. The molecule has 0 aliphatic heterocycles. The summed E-state index contributed by atoms with van der Waals surface area (Å²) in [4.78, 5) is 21.0. The van der Waals surface area contributed by atoms with E-state index in [4.69, 9.17) is 24.4 Å². The third-order valence-corrected chi connectivity index (χ3v) is 15.1. The van der Waals surface area contributed by atoms with Crippen LogP contribution in [-0.4, -0.2) is 19.9 Å². The summed E-state index contributed by atoms with van der Waals surface area (Å²) in [5, 5.41) is 2.10. The summed E-state index contributed by atoms with van der Waals surface area (Å²) in [6.07, 6.45) is 0. The van der Waals surface area contributed by atoms with Gasteiger partial charge in [-0.15, -0.1) is 11.3 Å². The summed E-state index contributed by atoms with van der Waals surface area (Å²) in [6.45, 7) is 0. The molecule has 0 saturated carbocycles. The van der Waals surface area contributed by atoms with Gasteiger partial charge in [-0.3, -0.25) is 0 Å². The molecule has 0 bridgehead atoms. The quantitative estimate of drug-likeness (QED) is 0.144. The minimum atomic E-state index is 0.642. The maximum absolute atomic E-state index is 6.48. The fraction of sp³-hybridized carbons (Fsp3) is 0. The molecule has 0 amide bonds. The molecule has 4 heterocycles. The van der Waals surface area contributed by atoms with Gasteiger partial charge in [-0.2, -0.15) is 0 Å². The van der Waals surface area contributed by atoms with Crippen molar-refractivity contribution < 1.29 is 4.42 Å². The van der Waals surface area contributed by atoms with E-state index in [1.54, 1.807) is 11.3 Å². The van der Waals surface area contributed by atoms with Crippen LogP contribution < -0.4 is 0 Å². The molecule has 14 aromatic rings. The summed E-state index contributed by atoms with van der Waals surface area (Å²) in [5.74, 6) is 1.35. The number of furan rings is 1. The molecule has 10 aromatic carbocycles. The Labute approximate surface area is 431 Å². The second kappa shape index (κ2) is 18.2. The van der Waals surface area contributed by atoms with Crippen LogP contribution >= 0.6 is 11.3 Å². The molecule has 0 spiro atoms. The van der Waals surface area contributed by atoms with Gasteiger partial charge in [0.1, 0.15) is 16.8 Å². The monoisotopic (exact) mass is 962 g/mol. The molecule has 74 heavy (non-hydrogen) atoms. The first kappa shape index (κ1) is 43.2. The van der Waals surface area contributed by atoms with Crippen molar-refractivity contribution in [3.63, 3.8) is 0 Å². The first-order valence-electron chi connectivity index (χ1n) is 24.8. The topological polar surface area (TPSA) is 64.7 Å². The first-order valence-corrected chi connectivity index (χ1v) is 25.6. The molecule has 6 heteroatoms. The zero-order chi connectivity index (χ0) is 49.0. The van der Waals surface area contributed by atoms with Gasteiger partial charge < -0.3 is 4.42 Å². The van der Waals surface area contributed by atoms with E-state index in [2.05, 4.69) is 224 Å². The van der Waals surface area contributed by atoms with Crippen molar-refractivity contribution in [2.24, 2.45) is 0 Å². The Bertz CT molecular complexity index is 4410. The SMILES string of the molecule is c1ccc(-c2ccc(-c3nc(-c4cccc(-c5cccc(-c6cccc(-c7cccc(-c8nc(-c9ccc(-c%10ccccc%10)cc9)c9oc%10ccccc%10c9n8)c7)c6)c5)c4)c4sc5ccccc5c4n3)cc2)cc1. The smallest absolute Gasteiger partial charge is 0.180 e. The van der Waals surface area contributed by atoms with Crippen LogP contribution in [0.1, 0.15) is 0 Å². The average molecular weight is 963 g/mol. The van der Waals surface area contributed by atoms with Crippen LogP contribution in [0.5, 0.6) is 0 Å². The van der Waals surface area contributed by atoms with E-state index in [0.29, 0.717) is 17.2 Å². The molecule has 0 N–H and O–H groups in total. The van der Waals surface area contributed by atoms with Crippen LogP contribution in [0.4, 0.5) is 0 Å². The van der Waals surface area contributed by atoms with Crippen LogP contribution in [-0.2, 0) is 0 Å². The number of thiophene rings is 1. The predicted octanol–water partition coefficient (Wildman–Crippen LogP) is 18.5. The van der Waals surface area contributed by atoms with E-state index in [9.17, 15) is 0 Å². The Morgan fingerprint density at radius 1 is 0.270 bits per heavy atom. The number of rotatable bonds is 9. The van der Waals surface area contributed by atoms with E-state index >= 15 is 0 Å². The fourth-order valence-electron chi connectivity index (χ4n) is 10.2. The second-order valence-corrected chi connectivity index (χ2v) is 19.6. The van der Waals surface area contributed by atoms with Crippen molar-refractivity contribution in [1.82, 2.24) is 19.9 Å². The van der Waals surface area contributed by atoms with Gasteiger partial charge in [0.2, 0.25) is 0 Å². The molecule has 346 valence electrons. The first-order chi connectivity index (χ1) is 36.6. The van der Waals surface area contributed by atoms with Crippen LogP contribution in [0.3, 0.4) is 0 Å². The normalized spacial score (nSPS) is 11.5. The maximum Gasteiger partial charge on any atom is 0.180 e. The number of hydrogen-bond acceptors (Lipinski definition) is 6. The molecule has 0 atom stereocenters. The molecule has 4 aromatic heterocycles. The zero-order valence-electron chi connectivity index (χ0n) is 39.9. The number of fused-ring (bicyclic) bond motifs is 6. The van der Waals surface area contributed by atoms with Crippen molar-refractivity contribution in [3.05, 3.63) is 255 Å². The van der Waals surface area contributed by atoms with E-state index in [-0.39, 0.29) is 0 Å². The Hall–Kier alpha value is -9.62. The van der Waals surface area contributed by atoms with E-state index in [1.165, 1.54) is 15.8 Å². The lowest BCUT2D eigenvalue weighted by atomic mass is 9.95. The summed E-state index contributed by atoms with van der Waals surface area (Å²) < 4.78 is 8.76. The van der Waals surface area contributed by atoms with Crippen molar-refractivity contribution in [2.75, 3.05) is 0 Å². The van der Waals surface area contributed by atoms with E-state index in [0.717, 1.165) is 110 Å². The van der Waals surface area contributed by atoms with Gasteiger partial charge in [-0.1, -0.05) is 212 Å². The minimum Gasteiger partial charge on any atom is -0.452 e. The molecule has 0 saturated heterocycles. The molecule has 14 rings (SSSR count). The van der Waals surface area contributed by atoms with Crippen molar-refractivity contribution in [2.45, 2.75) is 0 Å². The van der Waals surface area contributed by atoms with Gasteiger partial charge in [0.25, 0.3) is 0 Å². The highest BCUT2D eigenvalue weighted by Crippen LogP contribution is 2.42. The van der Waals surface area contributed by atoms with E-state index in [1.807, 2.05) is 30.3 Å². The van der Waals surface area contributed by atoms with Crippen LogP contribution in [0.15, 0.2) is 259 Å². The van der Waals surface area contributed by atoms with Crippen molar-refractivity contribution in [1.29, 1.82) is 0 Å². The third-order valence-electron chi connectivity index (χ3n) is 13.9. The van der Waals surface area contributed by atoms with Gasteiger partial charge in [0, 0.05) is 37.7 Å². The Morgan fingerprint density at radius 2 is 0.676 bits per heavy atom. The Balaban J connectivity index is 0.797. The highest BCUT2D eigenvalue weighted by atomic mass is 32.1. The summed E-state index contributed by atoms with van der Waals surface area (Å²) in [6, 6.07) is 89.5. The Morgan fingerprint density at radius 3 is 1.28 bits per heavy atom. The predicted molar refractivity (Wildman–Crippen MR) is 307 cm³/mol. The molecule has 0 unspecified atom stereocenters. The summed E-state index contributed by atoms with van der Waals surface area (Å²) in [5.41, 5.74) is 20.2. The van der Waals surface area contributed by atoms with Crippen molar-refractivity contribution >= 4 is 53.7 Å². The second-order valence-electron chi connectivity index (χ2n) is 18.6. The lowest BCUT2D eigenvalue weighted by Crippen LogP contribution is -1.94. The van der Waals surface area contributed by atoms with Gasteiger partial charge in [0.05, 0.1) is 15.9 Å². The van der Waals surface area contributed by atoms with Gasteiger partial charge in [0.15, 0.2) is 17.2 Å². The van der Waals surface area contributed by atoms with Crippen LogP contribution in [0.2, 0.25) is 0 Å². The number of nitrogens with zero attached hydrogens (tertiary/aromatic N) is 4. The molecular formula is C68H42N4OS. The molecule has 5 nitrogen and oxygen atoms in total. The van der Waals surface area contributed by atoms with Gasteiger partial charge in [-0.05, 0) is 98.1 Å². The average Bonchev–Trinajstić information content (AvgIpc) is 4.06. The number of para-hydroxylation sites is 1. The lowest BCUT2D eigenvalue weighted by Gasteiger charge is -2.11. The maximum atomic E-state index is 6.48. The molecule has 0 fully saturated rings.